The number of aromatic nitrogens is 2. The lowest BCUT2D eigenvalue weighted by molar-refractivity contribution is -0.384. The average Bonchev–Trinajstić information content (AvgIpc) is 3.96. The van der Waals surface area contributed by atoms with Gasteiger partial charge in [0.25, 0.3) is 31.6 Å². The van der Waals surface area contributed by atoms with E-state index in [1.165, 1.54) is 85.6 Å². The van der Waals surface area contributed by atoms with Gasteiger partial charge in [-0.3, -0.25) is 34.3 Å². The van der Waals surface area contributed by atoms with E-state index in [4.69, 9.17) is 15.2 Å². The first-order valence-electron chi connectivity index (χ1n) is 20.5. The summed E-state index contributed by atoms with van der Waals surface area (Å²) in [5.41, 5.74) is 8.56. The number of carbonyl (C=O) groups is 2. The van der Waals surface area contributed by atoms with Gasteiger partial charge < -0.3 is 20.5 Å². The number of nitro groups is 1. The minimum Gasteiger partial charge on any atom is -0.423 e. The SMILES string of the molecule is C1CCOC1.NCc1cccnc1.O=C(NCc1cccnc1)c1ccc(S(=O)(=O)Nc2ccccc2)cc1.O=C(Oc1ccc([N+](=O)[O-])cc1)c1ccc(S(=O)(=O)Nc2ccccc2)cc1. The number of carbonyl (C=O) groups excluding carboxylic acids is 2. The van der Waals surface area contributed by atoms with Crippen LogP contribution in [0.2, 0.25) is 0 Å². The summed E-state index contributed by atoms with van der Waals surface area (Å²) < 4.78 is 64.5. The topological polar surface area (TPSA) is 252 Å². The molecule has 5 N–H and O–H groups in total. The number of nitrogens with one attached hydrogen (secondary N) is 3. The number of hydrogen-bond acceptors (Lipinski definition) is 13. The van der Waals surface area contributed by atoms with Crippen molar-refractivity contribution in [2.24, 2.45) is 5.73 Å². The molecule has 0 aliphatic carbocycles. The Labute approximate surface area is 388 Å². The number of amides is 1. The Morgan fingerprint density at radius 1 is 0.627 bits per heavy atom. The molecule has 1 aliphatic heterocycles. The number of nitrogens with zero attached hydrogens (tertiary/aromatic N) is 3. The Balaban J connectivity index is 0.000000197. The number of benzene rings is 5. The standard InChI is InChI=1S/C19H17N3O3S.C19H14N2O6S.C6H8N2.C4H8O/c23-19(21-14-15-5-4-12-20-13-15)16-8-10-18(11-9-16)26(24,25)22-17-6-2-1-3-7-17;22-19(27-17-10-8-16(9-11-17)21(23)24)14-6-12-18(13-7-14)28(25,26)20-15-4-2-1-3-5-15;7-4-6-2-1-3-8-5-6;1-2-4-5-3-1/h1-13,22H,14H2,(H,21,23);1-13,20H;1-3,5H,4,7H2;1-4H2. The summed E-state index contributed by atoms with van der Waals surface area (Å²) in [5, 5.41) is 13.4. The molecule has 0 radical (unpaired) electrons. The molecule has 67 heavy (non-hydrogen) atoms. The molecular formula is C48H47N7O10S2. The summed E-state index contributed by atoms with van der Waals surface area (Å²) in [4.78, 5) is 42.3. The van der Waals surface area contributed by atoms with Gasteiger partial charge in [-0.05, 0) is 121 Å². The van der Waals surface area contributed by atoms with Crippen molar-refractivity contribution in [2.75, 3.05) is 22.7 Å². The molecule has 1 aliphatic rings. The van der Waals surface area contributed by atoms with E-state index in [1.807, 2.05) is 18.2 Å². The molecule has 5 aromatic carbocycles. The monoisotopic (exact) mass is 945 g/mol. The molecule has 346 valence electrons. The van der Waals surface area contributed by atoms with E-state index in [-0.39, 0.29) is 32.7 Å². The van der Waals surface area contributed by atoms with E-state index in [0.717, 1.165) is 24.3 Å². The van der Waals surface area contributed by atoms with Crippen LogP contribution in [0.25, 0.3) is 0 Å². The van der Waals surface area contributed by atoms with Crippen LogP contribution in [0.15, 0.2) is 192 Å². The summed E-state index contributed by atoms with van der Waals surface area (Å²) in [5.74, 6) is -0.860. The van der Waals surface area contributed by atoms with Crippen molar-refractivity contribution in [3.8, 4) is 5.75 Å². The van der Waals surface area contributed by atoms with Gasteiger partial charge >= 0.3 is 5.97 Å². The molecule has 19 heteroatoms. The van der Waals surface area contributed by atoms with Crippen molar-refractivity contribution in [1.29, 1.82) is 0 Å². The Morgan fingerprint density at radius 2 is 1.10 bits per heavy atom. The number of sulfonamides is 2. The molecule has 7 aromatic rings. The smallest absolute Gasteiger partial charge is 0.343 e. The van der Waals surface area contributed by atoms with E-state index in [9.17, 15) is 36.5 Å². The second kappa shape index (κ2) is 25.6. The summed E-state index contributed by atoms with van der Waals surface area (Å²) in [6.07, 6.45) is 9.39. The third-order valence-corrected chi connectivity index (χ3v) is 11.9. The highest BCUT2D eigenvalue weighted by Gasteiger charge is 2.17. The molecule has 17 nitrogen and oxygen atoms in total. The number of nitrogens with two attached hydrogens (primary N) is 1. The highest BCUT2D eigenvalue weighted by Crippen LogP contribution is 2.21. The Hall–Kier alpha value is -7.84. The number of anilines is 2. The Bertz CT molecular complexity index is 2840. The number of hydrogen-bond donors (Lipinski definition) is 4. The van der Waals surface area contributed by atoms with E-state index in [1.54, 1.807) is 91.5 Å². The molecule has 8 rings (SSSR count). The van der Waals surface area contributed by atoms with Crippen LogP contribution in [0.4, 0.5) is 17.1 Å². The molecule has 2 aromatic heterocycles. The van der Waals surface area contributed by atoms with Gasteiger partial charge in [-0.15, -0.1) is 0 Å². The van der Waals surface area contributed by atoms with Gasteiger partial charge in [0.1, 0.15) is 5.75 Å². The summed E-state index contributed by atoms with van der Waals surface area (Å²) >= 11 is 0. The summed E-state index contributed by atoms with van der Waals surface area (Å²) in [6, 6.07) is 40.6. The van der Waals surface area contributed by atoms with Crippen molar-refractivity contribution in [1.82, 2.24) is 15.3 Å². The minimum atomic E-state index is -3.79. The third kappa shape index (κ3) is 16.9. The zero-order chi connectivity index (χ0) is 47.9. The zero-order valence-corrected chi connectivity index (χ0v) is 37.5. The van der Waals surface area contributed by atoms with Crippen molar-refractivity contribution in [3.05, 3.63) is 215 Å². The largest absolute Gasteiger partial charge is 0.423 e. The molecule has 0 bridgehead atoms. The van der Waals surface area contributed by atoms with E-state index >= 15 is 0 Å². The van der Waals surface area contributed by atoms with Crippen molar-refractivity contribution < 1.29 is 40.8 Å². The first-order chi connectivity index (χ1) is 32.3. The number of esters is 1. The third-order valence-electron chi connectivity index (χ3n) is 9.10. The number of nitro benzene ring substituents is 1. The van der Waals surface area contributed by atoms with Crippen LogP contribution >= 0.6 is 0 Å². The van der Waals surface area contributed by atoms with Gasteiger partial charge in [0.15, 0.2) is 0 Å². The second-order valence-corrected chi connectivity index (χ2v) is 17.4. The fraction of sp³-hybridized carbons (Fsp3) is 0.125. The summed E-state index contributed by atoms with van der Waals surface area (Å²) in [6.45, 7) is 2.93. The predicted octanol–water partition coefficient (Wildman–Crippen LogP) is 7.76. The molecule has 0 atom stereocenters. The predicted molar refractivity (Wildman–Crippen MR) is 253 cm³/mol. The molecule has 0 saturated carbocycles. The van der Waals surface area contributed by atoms with E-state index in [2.05, 4.69) is 24.7 Å². The molecular weight excluding hydrogens is 899 g/mol. The average molecular weight is 946 g/mol. The minimum absolute atomic E-state index is 0.0109. The van der Waals surface area contributed by atoms with Gasteiger partial charge in [0.05, 0.1) is 20.3 Å². The number of rotatable bonds is 13. The Morgan fingerprint density at radius 3 is 1.51 bits per heavy atom. The Kier molecular flexibility index (Phi) is 19.2. The lowest BCUT2D eigenvalue weighted by Crippen LogP contribution is -2.23. The lowest BCUT2D eigenvalue weighted by atomic mass is 10.2. The first-order valence-corrected chi connectivity index (χ1v) is 23.5. The molecule has 3 heterocycles. The molecule has 0 spiro atoms. The van der Waals surface area contributed by atoms with E-state index in [0.29, 0.717) is 30.0 Å². The number of pyridine rings is 2. The van der Waals surface area contributed by atoms with Gasteiger partial charge in [0, 0.05) is 80.2 Å². The van der Waals surface area contributed by atoms with Crippen LogP contribution in [0, 0.1) is 10.1 Å². The van der Waals surface area contributed by atoms with Crippen LogP contribution in [-0.2, 0) is 37.9 Å². The number of ether oxygens (including phenoxy) is 2. The van der Waals surface area contributed by atoms with Crippen molar-refractivity contribution in [3.63, 3.8) is 0 Å². The van der Waals surface area contributed by atoms with Gasteiger partial charge in [-0.1, -0.05) is 48.5 Å². The second-order valence-electron chi connectivity index (χ2n) is 14.1. The van der Waals surface area contributed by atoms with Crippen molar-refractivity contribution in [2.45, 2.75) is 35.7 Å². The van der Waals surface area contributed by atoms with Crippen LogP contribution in [-0.4, -0.2) is 56.8 Å². The van der Waals surface area contributed by atoms with Crippen LogP contribution in [0.5, 0.6) is 5.75 Å². The van der Waals surface area contributed by atoms with Gasteiger partial charge in [-0.2, -0.15) is 0 Å². The van der Waals surface area contributed by atoms with Gasteiger partial charge in [0.2, 0.25) is 0 Å². The molecule has 0 unspecified atom stereocenters. The highest BCUT2D eigenvalue weighted by molar-refractivity contribution is 7.93. The van der Waals surface area contributed by atoms with Crippen molar-refractivity contribution >= 4 is 49.0 Å². The highest BCUT2D eigenvalue weighted by atomic mass is 32.2. The quantitative estimate of drug-likeness (QED) is 0.0374. The van der Waals surface area contributed by atoms with E-state index < -0.39 is 30.9 Å². The maximum atomic E-state index is 12.4. The zero-order valence-electron chi connectivity index (χ0n) is 35.9. The first kappa shape index (κ1) is 50.2. The van der Waals surface area contributed by atoms with Gasteiger partial charge in [-0.25, -0.2) is 21.6 Å². The number of non-ortho nitro benzene ring substituents is 1. The normalized spacial score (nSPS) is 11.7. The fourth-order valence-electron chi connectivity index (χ4n) is 5.61. The summed E-state index contributed by atoms with van der Waals surface area (Å²) in [7, 11) is -7.49. The number of para-hydroxylation sites is 2. The molecule has 1 amide bonds. The van der Waals surface area contributed by atoms with Crippen LogP contribution < -0.4 is 25.2 Å². The van der Waals surface area contributed by atoms with Crippen LogP contribution in [0.3, 0.4) is 0 Å². The maximum absolute atomic E-state index is 12.4. The molecule has 1 fully saturated rings. The fourth-order valence-corrected chi connectivity index (χ4v) is 7.73. The molecule has 1 saturated heterocycles. The maximum Gasteiger partial charge on any atom is 0.343 e. The lowest BCUT2D eigenvalue weighted by Gasteiger charge is -2.09. The van der Waals surface area contributed by atoms with Crippen LogP contribution in [0.1, 0.15) is 44.7 Å².